The molecule has 0 spiro atoms. The molecule has 0 radical (unpaired) electrons. The van der Waals surface area contributed by atoms with Gasteiger partial charge in [0.1, 0.15) is 22.9 Å². The van der Waals surface area contributed by atoms with Gasteiger partial charge in [-0.2, -0.15) is 0 Å². The second kappa shape index (κ2) is 10.3. The number of benzene rings is 2. The van der Waals surface area contributed by atoms with Gasteiger partial charge in [0.15, 0.2) is 5.65 Å². The van der Waals surface area contributed by atoms with E-state index in [1.807, 2.05) is 56.5 Å². The monoisotopic (exact) mass is 492 g/mol. The summed E-state index contributed by atoms with van der Waals surface area (Å²) in [5.41, 5.74) is 5.14. The van der Waals surface area contributed by atoms with E-state index in [4.69, 9.17) is 9.72 Å². The average molecular weight is 493 g/mol. The number of amides is 1. The molecule has 4 rings (SSSR count). The summed E-state index contributed by atoms with van der Waals surface area (Å²) < 4.78 is 31.2. The Labute approximate surface area is 206 Å². The van der Waals surface area contributed by atoms with Crippen molar-refractivity contribution in [1.82, 2.24) is 23.8 Å². The van der Waals surface area contributed by atoms with Crippen molar-refractivity contribution >= 4 is 28.5 Å². The van der Waals surface area contributed by atoms with E-state index in [1.54, 1.807) is 24.3 Å². The molecule has 0 N–H and O–H groups in total. The van der Waals surface area contributed by atoms with Crippen molar-refractivity contribution in [1.29, 1.82) is 0 Å². The maximum Gasteiger partial charge on any atom is 0.426 e. The number of carbonyl (C=O) groups is 1. The van der Waals surface area contributed by atoms with Crippen molar-refractivity contribution in [3.8, 4) is 11.4 Å². The van der Waals surface area contributed by atoms with Crippen LogP contribution in [-0.2, 0) is 24.1 Å². The third-order valence-corrected chi connectivity index (χ3v) is 6.28. The molecule has 0 aliphatic carbocycles. The molecule has 2 aromatic heterocycles. The molecule has 0 fully saturated rings. The van der Waals surface area contributed by atoms with Gasteiger partial charge in [0.2, 0.25) is 0 Å². The zero-order chi connectivity index (χ0) is 25.1. The molecule has 182 valence electrons. The number of ether oxygens (including phenoxy) is 1. The molecule has 0 saturated carbocycles. The van der Waals surface area contributed by atoms with Crippen LogP contribution in [0.25, 0.3) is 16.9 Å². The van der Waals surface area contributed by atoms with Crippen molar-refractivity contribution in [2.24, 2.45) is 0 Å². The van der Waals surface area contributed by atoms with Crippen LogP contribution >= 0.6 is 0 Å². The van der Waals surface area contributed by atoms with Gasteiger partial charge in [-0.05, 0) is 57.0 Å². The van der Waals surface area contributed by atoms with Crippen LogP contribution in [0.3, 0.4) is 0 Å². The number of carbonyl (C=O) groups excluding carboxylic acids is 1. The van der Waals surface area contributed by atoms with Crippen LogP contribution in [0.1, 0.15) is 35.4 Å². The Hall–Kier alpha value is -3.63. The van der Waals surface area contributed by atoms with Crippen molar-refractivity contribution in [2.45, 2.75) is 40.5 Å². The van der Waals surface area contributed by atoms with Gasteiger partial charge in [-0.25, -0.2) is 24.1 Å². The Morgan fingerprint density at radius 2 is 1.71 bits per heavy atom. The van der Waals surface area contributed by atoms with Gasteiger partial charge >= 0.3 is 6.09 Å². The van der Waals surface area contributed by atoms with Crippen LogP contribution in [0, 0.1) is 20.8 Å². The van der Waals surface area contributed by atoms with E-state index in [0.29, 0.717) is 16.6 Å². The highest BCUT2D eigenvalue weighted by Crippen LogP contribution is 2.23. The predicted octanol–water partition coefficient (Wildman–Crippen LogP) is 4.14. The Kier molecular flexibility index (Phi) is 7.23. The smallest absolute Gasteiger partial charge is 0.426 e. The minimum absolute atomic E-state index is 0.0417. The molecule has 4 aromatic rings. The van der Waals surface area contributed by atoms with E-state index in [0.717, 1.165) is 45.9 Å². The largest absolute Gasteiger partial charge is 0.755 e. The number of hydrogen-bond donors (Lipinski definition) is 0. The van der Waals surface area contributed by atoms with Gasteiger partial charge in [-0.1, -0.05) is 36.8 Å². The summed E-state index contributed by atoms with van der Waals surface area (Å²) in [5, 5.41) is 0. The number of nitrogens with zero attached hydrogens (tertiary/aromatic N) is 5. The van der Waals surface area contributed by atoms with Gasteiger partial charge in [-0.3, -0.25) is 8.78 Å². The summed E-state index contributed by atoms with van der Waals surface area (Å²) in [6, 6.07) is 14.5. The average Bonchev–Trinajstić information content (AvgIpc) is 3.20. The summed E-state index contributed by atoms with van der Waals surface area (Å²) in [6.45, 7) is 7.68. The van der Waals surface area contributed by atoms with Gasteiger partial charge in [0.05, 0.1) is 17.0 Å². The highest BCUT2D eigenvalue weighted by Gasteiger charge is 2.18. The molecule has 0 aliphatic heterocycles. The number of fused-ring (bicyclic) bond motifs is 1. The van der Waals surface area contributed by atoms with Gasteiger partial charge in [-0.15, -0.1) is 0 Å². The van der Waals surface area contributed by atoms with Crippen LogP contribution in [0.5, 0.6) is 5.75 Å². The van der Waals surface area contributed by atoms with Crippen molar-refractivity contribution in [2.75, 3.05) is 6.54 Å². The number of aromatic nitrogens is 4. The van der Waals surface area contributed by atoms with Crippen molar-refractivity contribution < 1.29 is 18.3 Å². The summed E-state index contributed by atoms with van der Waals surface area (Å²) in [5.74, 6) is 1.84. The number of hydrogen-bond acceptors (Lipinski definition) is 7. The van der Waals surface area contributed by atoms with Gasteiger partial charge < -0.3 is 9.29 Å². The summed E-state index contributed by atoms with van der Waals surface area (Å²) in [7, 11) is 0. The maximum atomic E-state index is 12.4. The molecule has 2 heterocycles. The molecule has 1 amide bonds. The third kappa shape index (κ3) is 5.39. The number of aryl methyl sites for hydroxylation is 4. The normalized spacial score (nSPS) is 12.0. The first kappa shape index (κ1) is 24.5. The Bertz CT molecular complexity index is 1380. The minimum Gasteiger partial charge on any atom is -0.755 e. The van der Waals surface area contributed by atoms with Crippen LogP contribution in [-0.4, -0.2) is 45.2 Å². The molecular formula is C25H26N5O4S-. The lowest BCUT2D eigenvalue weighted by atomic mass is 10.1. The third-order valence-electron chi connectivity index (χ3n) is 5.59. The van der Waals surface area contributed by atoms with E-state index in [9.17, 15) is 13.6 Å². The first-order valence-corrected chi connectivity index (χ1v) is 12.3. The van der Waals surface area contributed by atoms with Crippen LogP contribution < -0.4 is 4.74 Å². The van der Waals surface area contributed by atoms with E-state index in [2.05, 4.69) is 9.97 Å². The Morgan fingerprint density at radius 1 is 1.03 bits per heavy atom. The predicted molar refractivity (Wildman–Crippen MR) is 132 cm³/mol. The Balaban J connectivity index is 1.51. The lowest BCUT2D eigenvalue weighted by Gasteiger charge is -2.23. The first-order valence-electron chi connectivity index (χ1n) is 11.2. The molecule has 1 atom stereocenters. The quantitative estimate of drug-likeness (QED) is 0.356. The molecular weight excluding hydrogens is 466 g/mol. The maximum absolute atomic E-state index is 12.4. The fourth-order valence-corrected chi connectivity index (χ4v) is 4.21. The summed E-state index contributed by atoms with van der Waals surface area (Å²) >= 11 is -2.76. The fraction of sp³-hybridized carbons (Fsp3) is 0.280. The van der Waals surface area contributed by atoms with E-state index in [-0.39, 0.29) is 12.3 Å². The lowest BCUT2D eigenvalue weighted by molar-refractivity contribution is 0.178. The molecule has 9 nitrogen and oxygen atoms in total. The van der Waals surface area contributed by atoms with Crippen molar-refractivity contribution in [3.63, 3.8) is 0 Å². The molecule has 0 aliphatic rings. The highest BCUT2D eigenvalue weighted by atomic mass is 32.2. The molecule has 1 unspecified atom stereocenters. The Morgan fingerprint density at radius 3 is 2.34 bits per heavy atom. The van der Waals surface area contributed by atoms with Gasteiger partial charge in [0, 0.05) is 18.7 Å². The highest BCUT2D eigenvalue weighted by molar-refractivity contribution is 7.77. The standard InChI is InChI=1S/C25H27N5O4S/c1-5-22-28-23-17(3)26-18(4)27-24(23)30(22)20-10-8-19(9-11-20)14-15-29(35(32)33)25(31)34-21-12-6-16(2)7-13-21/h6-13H,5,14-15H2,1-4H3,(H,32,33)/p-1. The first-order chi connectivity index (χ1) is 16.8. The summed E-state index contributed by atoms with van der Waals surface area (Å²) in [6.07, 6.45) is 0.120. The number of imidazole rings is 1. The van der Waals surface area contributed by atoms with E-state index in [1.165, 1.54) is 0 Å². The molecule has 35 heavy (non-hydrogen) atoms. The van der Waals surface area contributed by atoms with Crippen LogP contribution in [0.4, 0.5) is 4.79 Å². The van der Waals surface area contributed by atoms with Gasteiger partial charge in [0.25, 0.3) is 0 Å². The summed E-state index contributed by atoms with van der Waals surface area (Å²) in [4.78, 5) is 26.1. The number of rotatable bonds is 7. The zero-order valence-electron chi connectivity index (χ0n) is 20.0. The second-order valence-corrected chi connectivity index (χ2v) is 9.04. The van der Waals surface area contributed by atoms with Crippen molar-refractivity contribution in [3.05, 3.63) is 77.0 Å². The van der Waals surface area contributed by atoms with Crippen LogP contribution in [0.2, 0.25) is 0 Å². The van der Waals surface area contributed by atoms with E-state index >= 15 is 0 Å². The lowest BCUT2D eigenvalue weighted by Crippen LogP contribution is -2.36. The topological polar surface area (TPSA) is 113 Å². The zero-order valence-corrected chi connectivity index (χ0v) is 20.8. The molecule has 0 bridgehead atoms. The molecule has 2 aromatic carbocycles. The SMILES string of the molecule is CCc1nc2c(C)nc(C)nc2n1-c1ccc(CCN(C(=O)Oc2ccc(C)cc2)S(=O)[O-])cc1. The molecule has 0 saturated heterocycles. The fourth-order valence-electron chi connectivity index (χ4n) is 3.81. The van der Waals surface area contributed by atoms with Crippen LogP contribution in [0.15, 0.2) is 48.5 Å². The minimum atomic E-state index is -2.76. The molecule has 10 heteroatoms. The second-order valence-electron chi connectivity index (χ2n) is 8.16. The van der Waals surface area contributed by atoms with E-state index < -0.39 is 17.4 Å².